The molecule has 3 heteroatoms. The maximum absolute atomic E-state index is 9.53. The number of ether oxygens (including phenoxy) is 2. The minimum absolute atomic E-state index is 0.160. The molecule has 0 atom stereocenters. The Hall–Kier alpha value is -0.570. The van der Waals surface area contributed by atoms with Crippen molar-refractivity contribution in [1.29, 1.82) is 0 Å². The van der Waals surface area contributed by atoms with Crippen LogP contribution in [0.25, 0.3) is 0 Å². The van der Waals surface area contributed by atoms with Crippen molar-refractivity contribution >= 4 is 6.47 Å². The SMILES string of the molecule is CC(C)(C)OCCO[C]=O. The largest absolute Gasteiger partial charge is 0.455 e. The minimum atomic E-state index is -0.160. The fourth-order valence-corrected chi connectivity index (χ4v) is 0.431. The van der Waals surface area contributed by atoms with Crippen molar-refractivity contribution in [1.82, 2.24) is 0 Å². The second kappa shape index (κ2) is 4.28. The Kier molecular flexibility index (Phi) is 4.03. The molecular formula is C7H13O3. The van der Waals surface area contributed by atoms with Crippen LogP contribution < -0.4 is 0 Å². The zero-order valence-electron chi connectivity index (χ0n) is 6.64. The summed E-state index contributed by atoms with van der Waals surface area (Å²) in [6.45, 7) is 7.86. The Morgan fingerprint density at radius 3 is 2.30 bits per heavy atom. The van der Waals surface area contributed by atoms with Crippen LogP contribution in [0, 0.1) is 0 Å². The lowest BCUT2D eigenvalue weighted by molar-refractivity contribution is -0.0182. The van der Waals surface area contributed by atoms with Gasteiger partial charge in [-0.3, -0.25) is 0 Å². The van der Waals surface area contributed by atoms with Gasteiger partial charge >= 0.3 is 6.47 Å². The van der Waals surface area contributed by atoms with E-state index in [2.05, 4.69) is 4.74 Å². The van der Waals surface area contributed by atoms with Crippen molar-refractivity contribution in [3.05, 3.63) is 0 Å². The summed E-state index contributed by atoms with van der Waals surface area (Å²) in [6, 6.07) is 0. The fraction of sp³-hybridized carbons (Fsp3) is 0.857. The molecule has 0 heterocycles. The summed E-state index contributed by atoms with van der Waals surface area (Å²) in [5.41, 5.74) is -0.160. The predicted octanol–water partition coefficient (Wildman–Crippen LogP) is 0.885. The van der Waals surface area contributed by atoms with E-state index in [9.17, 15) is 4.79 Å². The van der Waals surface area contributed by atoms with Gasteiger partial charge in [-0.2, -0.15) is 0 Å². The Labute approximate surface area is 61.3 Å². The molecule has 0 fully saturated rings. The third kappa shape index (κ3) is 7.43. The van der Waals surface area contributed by atoms with E-state index >= 15 is 0 Å². The van der Waals surface area contributed by atoms with Crippen LogP contribution in [-0.4, -0.2) is 25.3 Å². The van der Waals surface area contributed by atoms with Crippen LogP contribution in [0.3, 0.4) is 0 Å². The predicted molar refractivity (Wildman–Crippen MR) is 37.4 cm³/mol. The lowest BCUT2D eigenvalue weighted by atomic mass is 10.2. The second-order valence-electron chi connectivity index (χ2n) is 2.89. The van der Waals surface area contributed by atoms with E-state index in [0.29, 0.717) is 6.61 Å². The van der Waals surface area contributed by atoms with Crippen LogP contribution in [0.15, 0.2) is 0 Å². The molecule has 10 heavy (non-hydrogen) atoms. The Balaban J connectivity index is 3.12. The second-order valence-corrected chi connectivity index (χ2v) is 2.89. The molecule has 0 aliphatic carbocycles. The van der Waals surface area contributed by atoms with E-state index in [4.69, 9.17) is 4.74 Å². The monoisotopic (exact) mass is 145 g/mol. The summed E-state index contributed by atoms with van der Waals surface area (Å²) >= 11 is 0. The number of carbonyl (C=O) groups excluding carboxylic acids is 1. The van der Waals surface area contributed by atoms with Gasteiger partial charge in [0.2, 0.25) is 0 Å². The topological polar surface area (TPSA) is 35.5 Å². The molecule has 59 valence electrons. The lowest BCUT2D eigenvalue weighted by Crippen LogP contribution is -2.21. The van der Waals surface area contributed by atoms with Crippen molar-refractivity contribution in [3.8, 4) is 0 Å². The summed E-state index contributed by atoms with van der Waals surface area (Å²) in [7, 11) is 0. The van der Waals surface area contributed by atoms with E-state index in [-0.39, 0.29) is 12.2 Å². The summed E-state index contributed by atoms with van der Waals surface area (Å²) in [5.74, 6) is 0. The standard InChI is InChI=1S/C7H13O3/c1-7(2,3)10-5-4-9-6-8/h4-5H2,1-3H3. The maximum atomic E-state index is 9.53. The zero-order chi connectivity index (χ0) is 8.04. The normalized spacial score (nSPS) is 11.1. The van der Waals surface area contributed by atoms with Gasteiger partial charge < -0.3 is 9.47 Å². The molecular weight excluding hydrogens is 132 g/mol. The average Bonchev–Trinajstić information content (AvgIpc) is 1.78. The molecule has 0 saturated carbocycles. The third-order valence-corrected chi connectivity index (χ3v) is 0.779. The summed E-state index contributed by atoms with van der Waals surface area (Å²) < 4.78 is 9.53. The lowest BCUT2D eigenvalue weighted by Gasteiger charge is -2.18. The molecule has 0 N–H and O–H groups in total. The highest BCUT2D eigenvalue weighted by Gasteiger charge is 2.08. The molecule has 0 rings (SSSR count). The Morgan fingerprint density at radius 1 is 1.30 bits per heavy atom. The van der Waals surface area contributed by atoms with Crippen LogP contribution in [0.5, 0.6) is 0 Å². The average molecular weight is 145 g/mol. The third-order valence-electron chi connectivity index (χ3n) is 0.779. The van der Waals surface area contributed by atoms with E-state index < -0.39 is 0 Å². The first-order chi connectivity index (χ1) is 4.56. The van der Waals surface area contributed by atoms with Crippen molar-refractivity contribution in [2.75, 3.05) is 13.2 Å². The highest BCUT2D eigenvalue weighted by atomic mass is 16.6. The molecule has 0 aromatic heterocycles. The van der Waals surface area contributed by atoms with Crippen molar-refractivity contribution in [2.45, 2.75) is 26.4 Å². The molecule has 0 saturated heterocycles. The molecule has 0 bridgehead atoms. The molecule has 0 amide bonds. The minimum Gasteiger partial charge on any atom is -0.455 e. The summed E-state index contributed by atoms with van der Waals surface area (Å²) in [4.78, 5) is 9.53. The molecule has 0 unspecified atom stereocenters. The molecule has 0 aromatic rings. The maximum Gasteiger partial charge on any atom is 0.417 e. The Bertz CT molecular complexity index is 93.5. The van der Waals surface area contributed by atoms with Crippen LogP contribution >= 0.6 is 0 Å². The molecule has 0 spiro atoms. The van der Waals surface area contributed by atoms with Gasteiger partial charge in [-0.25, -0.2) is 4.79 Å². The molecule has 0 aromatic carbocycles. The smallest absolute Gasteiger partial charge is 0.417 e. The van der Waals surface area contributed by atoms with E-state index in [1.54, 1.807) is 0 Å². The van der Waals surface area contributed by atoms with Crippen LogP contribution in [0.4, 0.5) is 0 Å². The van der Waals surface area contributed by atoms with Crippen molar-refractivity contribution < 1.29 is 14.3 Å². The van der Waals surface area contributed by atoms with E-state index in [1.807, 2.05) is 20.8 Å². The first-order valence-corrected chi connectivity index (χ1v) is 3.19. The van der Waals surface area contributed by atoms with Gasteiger partial charge in [-0.05, 0) is 20.8 Å². The number of rotatable bonds is 4. The van der Waals surface area contributed by atoms with Gasteiger partial charge in [0.05, 0.1) is 12.2 Å². The number of hydrogen-bond donors (Lipinski definition) is 0. The fourth-order valence-electron chi connectivity index (χ4n) is 0.431. The zero-order valence-corrected chi connectivity index (χ0v) is 6.64. The molecule has 0 aliphatic rings. The quantitative estimate of drug-likeness (QED) is 0.551. The molecule has 0 aliphatic heterocycles. The van der Waals surface area contributed by atoms with Crippen LogP contribution in [-0.2, 0) is 14.3 Å². The molecule has 1 radical (unpaired) electrons. The highest BCUT2D eigenvalue weighted by Crippen LogP contribution is 2.05. The van der Waals surface area contributed by atoms with Gasteiger partial charge in [0.25, 0.3) is 0 Å². The highest BCUT2D eigenvalue weighted by molar-refractivity contribution is 5.38. The van der Waals surface area contributed by atoms with Crippen LogP contribution in [0.2, 0.25) is 0 Å². The first kappa shape index (κ1) is 9.43. The van der Waals surface area contributed by atoms with Gasteiger partial charge in [-0.15, -0.1) is 0 Å². The van der Waals surface area contributed by atoms with Gasteiger partial charge in [0.15, 0.2) is 0 Å². The van der Waals surface area contributed by atoms with Crippen molar-refractivity contribution in [2.24, 2.45) is 0 Å². The van der Waals surface area contributed by atoms with Gasteiger partial charge in [0.1, 0.15) is 6.61 Å². The first-order valence-electron chi connectivity index (χ1n) is 3.19. The van der Waals surface area contributed by atoms with Gasteiger partial charge in [-0.1, -0.05) is 0 Å². The van der Waals surface area contributed by atoms with Crippen LogP contribution in [0.1, 0.15) is 20.8 Å². The van der Waals surface area contributed by atoms with E-state index in [0.717, 1.165) is 0 Å². The Morgan fingerprint density at radius 2 is 1.90 bits per heavy atom. The van der Waals surface area contributed by atoms with Gasteiger partial charge in [0, 0.05) is 0 Å². The van der Waals surface area contributed by atoms with E-state index in [1.165, 1.54) is 6.47 Å². The summed E-state index contributed by atoms with van der Waals surface area (Å²) in [5, 5.41) is 0. The van der Waals surface area contributed by atoms with Crippen molar-refractivity contribution in [3.63, 3.8) is 0 Å². The molecule has 3 nitrogen and oxygen atoms in total. The number of hydrogen-bond acceptors (Lipinski definition) is 3. The summed E-state index contributed by atoms with van der Waals surface area (Å²) in [6.07, 6.45) is 0.